The standard InChI is InChI=1S/C10H14O3/c11-6-7-3-8-5-10(9(8)4-7)12-1-2-13-10/h6-9H,1-5H2/t7?,8-,9?/m1/s1. The fourth-order valence-corrected chi connectivity index (χ4v) is 3.20. The van der Waals surface area contributed by atoms with Crippen LogP contribution in [0.4, 0.5) is 0 Å². The van der Waals surface area contributed by atoms with Gasteiger partial charge in [0.05, 0.1) is 13.2 Å². The molecular weight excluding hydrogens is 168 g/mol. The molecule has 1 heterocycles. The molecule has 3 atom stereocenters. The molecule has 0 aromatic heterocycles. The molecule has 13 heavy (non-hydrogen) atoms. The molecule has 0 aromatic rings. The second-order valence-corrected chi connectivity index (χ2v) is 4.45. The second kappa shape index (κ2) is 2.55. The summed E-state index contributed by atoms with van der Waals surface area (Å²) in [6.45, 7) is 1.46. The lowest BCUT2D eigenvalue weighted by Gasteiger charge is -2.47. The zero-order valence-corrected chi connectivity index (χ0v) is 7.57. The van der Waals surface area contributed by atoms with Crippen molar-refractivity contribution in [3.05, 3.63) is 0 Å². The lowest BCUT2D eigenvalue weighted by Crippen LogP contribution is -2.52. The van der Waals surface area contributed by atoms with Crippen LogP contribution in [0.1, 0.15) is 19.3 Å². The zero-order chi connectivity index (χ0) is 8.89. The summed E-state index contributed by atoms with van der Waals surface area (Å²) in [5, 5.41) is 0. The Bertz CT molecular complexity index is 232. The van der Waals surface area contributed by atoms with E-state index in [1.54, 1.807) is 0 Å². The molecule has 0 radical (unpaired) electrons. The molecule has 1 aliphatic heterocycles. The first kappa shape index (κ1) is 7.94. The Morgan fingerprint density at radius 1 is 1.23 bits per heavy atom. The summed E-state index contributed by atoms with van der Waals surface area (Å²) >= 11 is 0. The third kappa shape index (κ3) is 0.945. The van der Waals surface area contributed by atoms with E-state index >= 15 is 0 Å². The molecule has 72 valence electrons. The molecule has 0 N–H and O–H groups in total. The highest BCUT2D eigenvalue weighted by atomic mass is 16.7. The van der Waals surface area contributed by atoms with Crippen LogP contribution in [-0.4, -0.2) is 25.3 Å². The minimum absolute atomic E-state index is 0.261. The largest absolute Gasteiger partial charge is 0.347 e. The highest BCUT2D eigenvalue weighted by Gasteiger charge is 2.61. The van der Waals surface area contributed by atoms with Crippen molar-refractivity contribution < 1.29 is 14.3 Å². The van der Waals surface area contributed by atoms with Gasteiger partial charge in [0.25, 0.3) is 0 Å². The Labute approximate surface area is 77.4 Å². The maximum atomic E-state index is 10.6. The molecule has 3 heteroatoms. The fraction of sp³-hybridized carbons (Fsp3) is 0.900. The Kier molecular flexibility index (Phi) is 1.56. The van der Waals surface area contributed by atoms with E-state index < -0.39 is 0 Å². The van der Waals surface area contributed by atoms with Gasteiger partial charge in [-0.2, -0.15) is 0 Å². The van der Waals surface area contributed by atoms with Crippen LogP contribution in [0.3, 0.4) is 0 Å². The highest BCUT2D eigenvalue weighted by Crippen LogP contribution is 2.58. The molecule has 3 aliphatic rings. The molecule has 0 bridgehead atoms. The number of rotatable bonds is 1. The summed E-state index contributed by atoms with van der Waals surface area (Å²) in [6, 6.07) is 0. The molecule has 2 unspecified atom stereocenters. The van der Waals surface area contributed by atoms with Gasteiger partial charge < -0.3 is 14.3 Å². The van der Waals surface area contributed by atoms with E-state index in [0.29, 0.717) is 11.8 Å². The Morgan fingerprint density at radius 3 is 2.69 bits per heavy atom. The number of ether oxygens (including phenoxy) is 2. The quantitative estimate of drug-likeness (QED) is 0.567. The second-order valence-electron chi connectivity index (χ2n) is 4.45. The van der Waals surface area contributed by atoms with E-state index in [2.05, 4.69) is 0 Å². The van der Waals surface area contributed by atoms with Gasteiger partial charge in [0.1, 0.15) is 6.29 Å². The predicted octanol–water partition coefficient (Wildman–Crippen LogP) is 0.974. The van der Waals surface area contributed by atoms with E-state index in [9.17, 15) is 4.79 Å². The van der Waals surface area contributed by atoms with Crippen molar-refractivity contribution in [2.24, 2.45) is 17.8 Å². The Morgan fingerprint density at radius 2 is 2.00 bits per heavy atom. The summed E-state index contributed by atoms with van der Waals surface area (Å²) in [6.07, 6.45) is 4.15. The van der Waals surface area contributed by atoms with Crippen LogP contribution in [-0.2, 0) is 14.3 Å². The van der Waals surface area contributed by atoms with Crippen LogP contribution in [0.25, 0.3) is 0 Å². The van der Waals surface area contributed by atoms with Gasteiger partial charge in [-0.1, -0.05) is 0 Å². The molecule has 1 saturated heterocycles. The van der Waals surface area contributed by atoms with Gasteiger partial charge in [0.2, 0.25) is 0 Å². The van der Waals surface area contributed by atoms with Crippen molar-refractivity contribution in [1.29, 1.82) is 0 Å². The van der Waals surface area contributed by atoms with Crippen molar-refractivity contribution in [1.82, 2.24) is 0 Å². The number of carbonyl (C=O) groups is 1. The van der Waals surface area contributed by atoms with Crippen molar-refractivity contribution in [2.45, 2.75) is 25.0 Å². The van der Waals surface area contributed by atoms with Gasteiger partial charge in [-0.3, -0.25) is 0 Å². The van der Waals surface area contributed by atoms with Gasteiger partial charge in [0.15, 0.2) is 5.79 Å². The van der Waals surface area contributed by atoms with Gasteiger partial charge in [0, 0.05) is 18.3 Å². The van der Waals surface area contributed by atoms with Gasteiger partial charge in [-0.05, 0) is 18.8 Å². The van der Waals surface area contributed by atoms with E-state index in [0.717, 1.165) is 38.8 Å². The molecular formula is C10H14O3. The average molecular weight is 182 g/mol. The van der Waals surface area contributed by atoms with Crippen molar-refractivity contribution >= 4 is 6.29 Å². The zero-order valence-electron chi connectivity index (χ0n) is 7.57. The smallest absolute Gasteiger partial charge is 0.171 e. The van der Waals surface area contributed by atoms with Gasteiger partial charge in [-0.25, -0.2) is 0 Å². The number of hydrogen-bond acceptors (Lipinski definition) is 3. The Balaban J connectivity index is 1.75. The summed E-state index contributed by atoms with van der Waals surface area (Å²) in [5.74, 6) is 1.20. The lowest BCUT2D eigenvalue weighted by molar-refractivity contribution is -0.267. The van der Waals surface area contributed by atoms with Crippen LogP contribution in [0, 0.1) is 17.8 Å². The maximum Gasteiger partial charge on any atom is 0.171 e. The maximum absolute atomic E-state index is 10.6. The van der Waals surface area contributed by atoms with E-state index in [1.807, 2.05) is 0 Å². The summed E-state index contributed by atoms with van der Waals surface area (Å²) < 4.78 is 11.3. The van der Waals surface area contributed by atoms with E-state index in [-0.39, 0.29) is 11.7 Å². The van der Waals surface area contributed by atoms with Gasteiger partial charge in [-0.15, -0.1) is 0 Å². The molecule has 2 aliphatic carbocycles. The molecule has 1 spiro atoms. The normalized spacial score (nSPS) is 46.0. The van der Waals surface area contributed by atoms with Crippen molar-refractivity contribution in [2.75, 3.05) is 13.2 Å². The van der Waals surface area contributed by atoms with Crippen molar-refractivity contribution in [3.63, 3.8) is 0 Å². The average Bonchev–Trinajstić information content (AvgIpc) is 2.69. The Hall–Kier alpha value is -0.410. The first-order valence-electron chi connectivity index (χ1n) is 5.07. The summed E-state index contributed by atoms with van der Waals surface area (Å²) in [4.78, 5) is 10.6. The third-order valence-electron chi connectivity index (χ3n) is 3.81. The van der Waals surface area contributed by atoms with Crippen LogP contribution in [0.15, 0.2) is 0 Å². The number of carbonyl (C=O) groups excluding carboxylic acids is 1. The van der Waals surface area contributed by atoms with Crippen LogP contribution in [0.2, 0.25) is 0 Å². The van der Waals surface area contributed by atoms with Crippen LogP contribution in [0.5, 0.6) is 0 Å². The highest BCUT2D eigenvalue weighted by molar-refractivity contribution is 5.54. The SMILES string of the molecule is O=CC1CC2[C@H](C1)CC21OCCO1. The minimum atomic E-state index is -0.261. The van der Waals surface area contributed by atoms with Gasteiger partial charge >= 0.3 is 0 Å². The first-order valence-corrected chi connectivity index (χ1v) is 5.07. The predicted molar refractivity (Wildman–Crippen MR) is 45.0 cm³/mol. The molecule has 3 nitrogen and oxygen atoms in total. The monoisotopic (exact) mass is 182 g/mol. The van der Waals surface area contributed by atoms with Crippen molar-refractivity contribution in [3.8, 4) is 0 Å². The molecule has 0 amide bonds. The number of fused-ring (bicyclic) bond motifs is 2. The van der Waals surface area contributed by atoms with E-state index in [4.69, 9.17) is 9.47 Å². The van der Waals surface area contributed by atoms with Crippen LogP contribution < -0.4 is 0 Å². The number of aldehydes is 1. The topological polar surface area (TPSA) is 35.5 Å². The lowest BCUT2D eigenvalue weighted by atomic mass is 9.70. The molecule has 3 rings (SSSR count). The molecule has 2 saturated carbocycles. The third-order valence-corrected chi connectivity index (χ3v) is 3.81. The first-order chi connectivity index (χ1) is 6.34. The minimum Gasteiger partial charge on any atom is -0.347 e. The molecule has 3 fully saturated rings. The molecule has 0 aromatic carbocycles. The van der Waals surface area contributed by atoms with Crippen LogP contribution >= 0.6 is 0 Å². The summed E-state index contributed by atoms with van der Waals surface area (Å²) in [5.41, 5.74) is 0. The fourth-order valence-electron chi connectivity index (χ4n) is 3.20. The number of hydrogen-bond donors (Lipinski definition) is 0. The van der Waals surface area contributed by atoms with E-state index in [1.165, 1.54) is 0 Å². The summed E-state index contributed by atoms with van der Waals surface area (Å²) in [7, 11) is 0.